The van der Waals surface area contributed by atoms with E-state index in [1.165, 1.54) is 0 Å². The molecule has 0 aliphatic heterocycles. The number of para-hydroxylation sites is 1. The van der Waals surface area contributed by atoms with Crippen LogP contribution in [0.25, 0.3) is 6.08 Å². The molecule has 0 aliphatic rings. The van der Waals surface area contributed by atoms with Crippen molar-refractivity contribution in [2.45, 2.75) is 13.0 Å². The molecule has 0 aromatic heterocycles. The molecule has 1 unspecified atom stereocenters. The fourth-order valence-corrected chi connectivity index (χ4v) is 1.35. The largest absolute Gasteiger partial charge is 0.490 e. The van der Waals surface area contributed by atoms with Crippen LogP contribution < -0.4 is 4.74 Å². The Balaban J connectivity index is 2.67. The molecule has 1 rings (SSSR count). The molecule has 1 atom stereocenters. The van der Waals surface area contributed by atoms with Gasteiger partial charge in [-0.15, -0.1) is 0 Å². The molecular formula is C12H15BrO2. The van der Waals surface area contributed by atoms with Gasteiger partial charge in [0.25, 0.3) is 0 Å². The third kappa shape index (κ3) is 4.06. The van der Waals surface area contributed by atoms with Crippen LogP contribution in [0.2, 0.25) is 0 Å². The van der Waals surface area contributed by atoms with Crippen molar-refractivity contribution in [3.05, 3.63) is 35.9 Å². The molecule has 82 valence electrons. The fourth-order valence-electron chi connectivity index (χ4n) is 1.16. The Labute approximate surface area is 98.7 Å². The number of aliphatic hydroxyl groups is 1. The highest BCUT2D eigenvalue weighted by Crippen LogP contribution is 2.19. The van der Waals surface area contributed by atoms with Gasteiger partial charge in [0, 0.05) is 10.9 Å². The van der Waals surface area contributed by atoms with Crippen LogP contribution in [0.3, 0.4) is 0 Å². The first-order chi connectivity index (χ1) is 7.27. The summed E-state index contributed by atoms with van der Waals surface area (Å²) in [5.41, 5.74) is 1.03. The topological polar surface area (TPSA) is 29.5 Å². The van der Waals surface area contributed by atoms with Crippen LogP contribution in [-0.2, 0) is 0 Å². The smallest absolute Gasteiger partial charge is 0.126 e. The lowest BCUT2D eigenvalue weighted by molar-refractivity contribution is 0.127. The van der Waals surface area contributed by atoms with E-state index in [2.05, 4.69) is 15.9 Å². The first kappa shape index (κ1) is 12.3. The van der Waals surface area contributed by atoms with Gasteiger partial charge in [-0.1, -0.05) is 46.3 Å². The van der Waals surface area contributed by atoms with Crippen molar-refractivity contribution in [3.63, 3.8) is 0 Å². The van der Waals surface area contributed by atoms with E-state index < -0.39 is 6.10 Å². The molecule has 0 saturated heterocycles. The van der Waals surface area contributed by atoms with Gasteiger partial charge in [-0.2, -0.15) is 0 Å². The summed E-state index contributed by atoms with van der Waals surface area (Å²) in [6.45, 7) is 2.27. The number of hydrogen-bond donors (Lipinski definition) is 1. The van der Waals surface area contributed by atoms with Crippen LogP contribution in [0.4, 0.5) is 0 Å². The molecule has 0 radical (unpaired) electrons. The maximum Gasteiger partial charge on any atom is 0.126 e. The molecule has 0 bridgehead atoms. The molecule has 0 fully saturated rings. The van der Waals surface area contributed by atoms with Crippen molar-refractivity contribution in [3.8, 4) is 5.75 Å². The minimum Gasteiger partial charge on any atom is -0.490 e. The van der Waals surface area contributed by atoms with Gasteiger partial charge in [0.05, 0.1) is 6.10 Å². The second kappa shape index (κ2) is 6.64. The van der Waals surface area contributed by atoms with Crippen LogP contribution in [0.5, 0.6) is 5.75 Å². The van der Waals surface area contributed by atoms with E-state index >= 15 is 0 Å². The molecule has 1 N–H and O–H groups in total. The summed E-state index contributed by atoms with van der Waals surface area (Å²) < 4.78 is 5.51. The van der Waals surface area contributed by atoms with Gasteiger partial charge in [-0.05, 0) is 13.0 Å². The van der Waals surface area contributed by atoms with Gasteiger partial charge in [-0.3, -0.25) is 0 Å². The molecule has 0 spiro atoms. The highest BCUT2D eigenvalue weighted by Gasteiger charge is 2.04. The van der Waals surface area contributed by atoms with E-state index in [0.717, 1.165) is 11.3 Å². The number of aliphatic hydroxyl groups excluding tert-OH is 1. The summed E-state index contributed by atoms with van der Waals surface area (Å²) in [5.74, 6) is 0.801. The molecule has 1 aromatic carbocycles. The highest BCUT2D eigenvalue weighted by molar-refractivity contribution is 9.09. The maximum absolute atomic E-state index is 9.35. The van der Waals surface area contributed by atoms with E-state index in [0.29, 0.717) is 11.9 Å². The maximum atomic E-state index is 9.35. The molecule has 0 aliphatic carbocycles. The zero-order valence-corrected chi connectivity index (χ0v) is 10.3. The molecule has 2 nitrogen and oxygen atoms in total. The molecule has 3 heteroatoms. The lowest BCUT2D eigenvalue weighted by Crippen LogP contribution is -2.18. The number of benzene rings is 1. The standard InChI is InChI=1S/C12H15BrO2/c1-2-5-10-6-3-4-7-12(10)15-9-11(14)8-13/h2-7,11,14H,8-9H2,1H3/b5-2+. The summed E-state index contributed by atoms with van der Waals surface area (Å²) in [4.78, 5) is 0. The van der Waals surface area contributed by atoms with Gasteiger partial charge < -0.3 is 9.84 Å². The van der Waals surface area contributed by atoms with Crippen molar-refractivity contribution in [1.29, 1.82) is 0 Å². The summed E-state index contributed by atoms with van der Waals surface area (Å²) in [6.07, 6.45) is 3.47. The second-order valence-corrected chi connectivity index (χ2v) is 3.80. The summed E-state index contributed by atoms with van der Waals surface area (Å²) in [5, 5.41) is 9.88. The van der Waals surface area contributed by atoms with Crippen molar-refractivity contribution in [2.75, 3.05) is 11.9 Å². The SMILES string of the molecule is C/C=C/c1ccccc1OCC(O)CBr. The van der Waals surface area contributed by atoms with Crippen LogP contribution in [0.1, 0.15) is 12.5 Å². The fraction of sp³-hybridized carbons (Fsp3) is 0.333. The van der Waals surface area contributed by atoms with E-state index in [-0.39, 0.29) is 0 Å². The zero-order valence-electron chi connectivity index (χ0n) is 8.69. The lowest BCUT2D eigenvalue weighted by atomic mass is 10.2. The Morgan fingerprint density at radius 3 is 2.87 bits per heavy atom. The number of hydrogen-bond acceptors (Lipinski definition) is 2. The quantitative estimate of drug-likeness (QED) is 0.834. The normalized spacial score (nSPS) is 13.0. The molecule has 0 amide bonds. The van der Waals surface area contributed by atoms with Gasteiger partial charge in [0.1, 0.15) is 12.4 Å². The van der Waals surface area contributed by atoms with Crippen molar-refractivity contribution < 1.29 is 9.84 Å². The predicted molar refractivity (Wildman–Crippen MR) is 66.4 cm³/mol. The Morgan fingerprint density at radius 1 is 1.47 bits per heavy atom. The number of allylic oxidation sites excluding steroid dienone is 1. The van der Waals surface area contributed by atoms with Gasteiger partial charge in [-0.25, -0.2) is 0 Å². The average Bonchev–Trinajstić information content (AvgIpc) is 2.28. The molecule has 0 saturated carbocycles. The Morgan fingerprint density at radius 2 is 2.20 bits per heavy atom. The molecule has 1 aromatic rings. The second-order valence-electron chi connectivity index (χ2n) is 3.16. The first-order valence-electron chi connectivity index (χ1n) is 4.86. The van der Waals surface area contributed by atoms with Crippen molar-refractivity contribution >= 4 is 22.0 Å². The highest BCUT2D eigenvalue weighted by atomic mass is 79.9. The zero-order chi connectivity index (χ0) is 11.1. The molecule has 0 heterocycles. The van der Waals surface area contributed by atoms with Crippen LogP contribution in [0.15, 0.2) is 30.3 Å². The Hall–Kier alpha value is -0.800. The number of halogens is 1. The average molecular weight is 271 g/mol. The number of ether oxygens (including phenoxy) is 1. The number of alkyl halides is 1. The monoisotopic (exact) mass is 270 g/mol. The van der Waals surface area contributed by atoms with Gasteiger partial charge in [0.2, 0.25) is 0 Å². The first-order valence-corrected chi connectivity index (χ1v) is 5.98. The third-order valence-electron chi connectivity index (χ3n) is 1.87. The van der Waals surface area contributed by atoms with Crippen LogP contribution in [-0.4, -0.2) is 23.1 Å². The van der Waals surface area contributed by atoms with Gasteiger partial charge in [0.15, 0.2) is 0 Å². The van der Waals surface area contributed by atoms with Crippen LogP contribution in [0, 0.1) is 0 Å². The summed E-state index contributed by atoms with van der Waals surface area (Å²) in [6, 6.07) is 7.76. The summed E-state index contributed by atoms with van der Waals surface area (Å²) in [7, 11) is 0. The molecular weight excluding hydrogens is 256 g/mol. The third-order valence-corrected chi connectivity index (χ3v) is 2.62. The minimum absolute atomic E-state index is 0.305. The van der Waals surface area contributed by atoms with E-state index in [4.69, 9.17) is 4.74 Å². The van der Waals surface area contributed by atoms with E-state index in [1.807, 2.05) is 43.3 Å². The van der Waals surface area contributed by atoms with Crippen molar-refractivity contribution in [1.82, 2.24) is 0 Å². The van der Waals surface area contributed by atoms with Gasteiger partial charge >= 0.3 is 0 Å². The number of rotatable bonds is 5. The van der Waals surface area contributed by atoms with Crippen LogP contribution >= 0.6 is 15.9 Å². The van der Waals surface area contributed by atoms with E-state index in [9.17, 15) is 5.11 Å². The lowest BCUT2D eigenvalue weighted by Gasteiger charge is -2.11. The minimum atomic E-state index is -0.469. The van der Waals surface area contributed by atoms with Crippen molar-refractivity contribution in [2.24, 2.45) is 0 Å². The predicted octanol–water partition coefficient (Wildman–Crippen LogP) is 2.85. The molecule has 15 heavy (non-hydrogen) atoms. The summed E-state index contributed by atoms with van der Waals surface area (Å²) >= 11 is 3.19. The Kier molecular flexibility index (Phi) is 5.43. The Bertz CT molecular complexity index is 323. The van der Waals surface area contributed by atoms with E-state index in [1.54, 1.807) is 0 Å².